The van der Waals surface area contributed by atoms with Crippen molar-refractivity contribution in [2.45, 2.75) is 40.0 Å². The van der Waals surface area contributed by atoms with Gasteiger partial charge in [-0.15, -0.1) is 0 Å². The van der Waals surface area contributed by atoms with Crippen LogP contribution < -0.4 is 26.8 Å². The molecule has 0 aromatic carbocycles. The largest absolute Gasteiger partial charge is 0.481 e. The van der Waals surface area contributed by atoms with Crippen molar-refractivity contribution in [2.24, 2.45) is 0 Å². The normalized spacial score (nSPS) is 11.4. The van der Waals surface area contributed by atoms with Crippen LogP contribution in [0.1, 0.15) is 41.0 Å². The fourth-order valence-corrected chi connectivity index (χ4v) is 3.48. The molecule has 0 aliphatic carbocycles. The van der Waals surface area contributed by atoms with E-state index in [-0.39, 0.29) is 18.7 Å². The van der Waals surface area contributed by atoms with Gasteiger partial charge in [-0.3, -0.25) is 14.4 Å². The highest BCUT2D eigenvalue weighted by molar-refractivity contribution is 5.85. The molecule has 0 aliphatic rings. The Labute approximate surface area is 202 Å². The molecule has 3 rings (SSSR count). The Morgan fingerprint density at radius 3 is 2.60 bits per heavy atom. The first-order chi connectivity index (χ1) is 16.7. The Morgan fingerprint density at radius 1 is 1.14 bits per heavy atom. The second-order valence-corrected chi connectivity index (χ2v) is 7.78. The third-order valence-electron chi connectivity index (χ3n) is 5.28. The van der Waals surface area contributed by atoms with Crippen molar-refractivity contribution in [1.82, 2.24) is 20.0 Å². The van der Waals surface area contributed by atoms with Gasteiger partial charge < -0.3 is 25.9 Å². The summed E-state index contributed by atoms with van der Waals surface area (Å²) >= 11 is 0. The molecule has 1 amide bonds. The summed E-state index contributed by atoms with van der Waals surface area (Å²) in [5, 5.41) is 2.72. The number of hydrogen-bond donors (Lipinski definition) is 3. The molecule has 0 saturated carbocycles. The Morgan fingerprint density at radius 2 is 1.91 bits per heavy atom. The van der Waals surface area contributed by atoms with Crippen molar-refractivity contribution in [3.8, 4) is 5.88 Å². The number of nitrogens with two attached hydrogens (primary N) is 1. The van der Waals surface area contributed by atoms with Crippen LogP contribution in [0.15, 0.2) is 47.5 Å². The Balaban J connectivity index is 1.86. The van der Waals surface area contributed by atoms with Crippen LogP contribution in [-0.2, 0) is 27.4 Å². The fraction of sp³-hybridized carbons (Fsp3) is 0.292. The van der Waals surface area contributed by atoms with Gasteiger partial charge in [0, 0.05) is 37.1 Å². The van der Waals surface area contributed by atoms with Crippen molar-refractivity contribution in [3.63, 3.8) is 0 Å². The van der Waals surface area contributed by atoms with Crippen LogP contribution in [0.5, 0.6) is 5.88 Å². The highest BCUT2D eigenvalue weighted by Crippen LogP contribution is 2.19. The number of aromatic nitrogens is 3. The molecule has 1 atom stereocenters. The molecule has 3 aromatic rings. The molecular formula is C24H28N6O5. The zero-order chi connectivity index (χ0) is 25.5. The zero-order valence-electron chi connectivity index (χ0n) is 20.0. The van der Waals surface area contributed by atoms with Gasteiger partial charge in [-0.05, 0) is 43.2 Å². The molecule has 0 aliphatic heterocycles. The molecule has 1 unspecified atom stereocenters. The van der Waals surface area contributed by atoms with Gasteiger partial charge in [0.25, 0.3) is 11.5 Å². The lowest BCUT2D eigenvalue weighted by Gasteiger charge is -2.20. The van der Waals surface area contributed by atoms with Crippen LogP contribution in [0.25, 0.3) is 0 Å². The number of pyridine rings is 3. The van der Waals surface area contributed by atoms with Gasteiger partial charge in [-0.2, -0.15) is 0 Å². The SMILES string of the molecule is COc1ncccc1CNn1ccc(C)c(C(OC(C)=O)C(=O)NCc2ccc(N)nc2C)c1=O. The third kappa shape index (κ3) is 6.14. The molecule has 0 spiro atoms. The lowest BCUT2D eigenvalue weighted by molar-refractivity contribution is -0.154. The molecule has 11 heteroatoms. The summed E-state index contributed by atoms with van der Waals surface area (Å²) in [6, 6.07) is 8.59. The van der Waals surface area contributed by atoms with Crippen molar-refractivity contribution in [3.05, 3.63) is 81.0 Å². The first-order valence-corrected chi connectivity index (χ1v) is 10.8. The number of anilines is 1. The monoisotopic (exact) mass is 480 g/mol. The second kappa shape index (κ2) is 11.1. The van der Waals surface area contributed by atoms with Gasteiger partial charge in [-0.25, -0.2) is 14.6 Å². The Hall–Kier alpha value is -4.41. The summed E-state index contributed by atoms with van der Waals surface area (Å²) in [6.45, 7) is 4.97. The van der Waals surface area contributed by atoms with Crippen molar-refractivity contribution in [1.29, 1.82) is 0 Å². The molecule has 4 N–H and O–H groups in total. The number of hydrogen-bond acceptors (Lipinski definition) is 9. The number of carbonyl (C=O) groups is 2. The van der Waals surface area contributed by atoms with Crippen LogP contribution >= 0.6 is 0 Å². The average Bonchev–Trinajstić information content (AvgIpc) is 2.82. The smallest absolute Gasteiger partial charge is 0.303 e. The molecule has 11 nitrogen and oxygen atoms in total. The molecule has 184 valence electrons. The zero-order valence-corrected chi connectivity index (χ0v) is 20.0. The standard InChI is InChI=1S/C24H28N6O5/c1-14-9-11-30(28-13-18-6-5-10-26-23(18)34-4)24(33)20(14)21(35-16(3)31)22(32)27-12-17-7-8-19(25)29-15(17)2/h5-11,21,28H,12-13H2,1-4H3,(H2,25,29)(H,27,32). The molecule has 0 bridgehead atoms. The van der Waals surface area contributed by atoms with Crippen LogP contribution in [-0.4, -0.2) is 33.6 Å². The predicted octanol–water partition coefficient (Wildman–Crippen LogP) is 1.51. The molecular weight excluding hydrogens is 452 g/mol. The molecule has 35 heavy (non-hydrogen) atoms. The Bertz CT molecular complexity index is 1290. The van der Waals surface area contributed by atoms with E-state index in [1.54, 1.807) is 44.3 Å². The van der Waals surface area contributed by atoms with Crippen LogP contribution in [0.2, 0.25) is 0 Å². The quantitative estimate of drug-likeness (QED) is 0.387. The van der Waals surface area contributed by atoms with Crippen molar-refractivity contribution >= 4 is 17.7 Å². The number of carbonyl (C=O) groups excluding carboxylic acids is 2. The number of rotatable bonds is 9. The van der Waals surface area contributed by atoms with E-state index in [9.17, 15) is 14.4 Å². The van der Waals surface area contributed by atoms with Gasteiger partial charge in [-0.1, -0.05) is 12.1 Å². The maximum atomic E-state index is 13.3. The van der Waals surface area contributed by atoms with E-state index in [2.05, 4.69) is 20.7 Å². The summed E-state index contributed by atoms with van der Waals surface area (Å²) in [6.07, 6.45) is 1.70. The summed E-state index contributed by atoms with van der Waals surface area (Å²) in [5.74, 6) is -0.543. The molecule has 3 aromatic heterocycles. The number of esters is 1. The van der Waals surface area contributed by atoms with Crippen LogP contribution in [0.4, 0.5) is 5.82 Å². The maximum Gasteiger partial charge on any atom is 0.303 e. The second-order valence-electron chi connectivity index (χ2n) is 7.78. The van der Waals surface area contributed by atoms with E-state index in [0.29, 0.717) is 23.0 Å². The predicted molar refractivity (Wildman–Crippen MR) is 129 cm³/mol. The Kier molecular flexibility index (Phi) is 8.03. The highest BCUT2D eigenvalue weighted by Gasteiger charge is 2.29. The van der Waals surface area contributed by atoms with Crippen LogP contribution in [0.3, 0.4) is 0 Å². The number of methoxy groups -OCH3 is 1. The van der Waals surface area contributed by atoms with E-state index >= 15 is 0 Å². The summed E-state index contributed by atoms with van der Waals surface area (Å²) < 4.78 is 11.8. The first-order valence-electron chi connectivity index (χ1n) is 10.8. The fourth-order valence-electron chi connectivity index (χ4n) is 3.48. The minimum Gasteiger partial charge on any atom is -0.481 e. The molecule has 3 heterocycles. The van der Waals surface area contributed by atoms with Gasteiger partial charge >= 0.3 is 5.97 Å². The minimum atomic E-state index is -1.44. The highest BCUT2D eigenvalue weighted by atomic mass is 16.5. The molecule has 0 saturated heterocycles. The van der Waals surface area contributed by atoms with Crippen LogP contribution in [0, 0.1) is 13.8 Å². The molecule has 0 radical (unpaired) electrons. The lowest BCUT2D eigenvalue weighted by atomic mass is 10.0. The van der Waals surface area contributed by atoms with Crippen molar-refractivity contribution in [2.75, 3.05) is 18.3 Å². The summed E-state index contributed by atoms with van der Waals surface area (Å²) in [7, 11) is 1.51. The first kappa shape index (κ1) is 25.2. The maximum absolute atomic E-state index is 13.3. The number of amides is 1. The number of ether oxygens (including phenoxy) is 2. The topological polar surface area (TPSA) is 150 Å². The number of nitrogen functional groups attached to an aromatic ring is 1. The minimum absolute atomic E-state index is 0.0398. The van der Waals surface area contributed by atoms with E-state index < -0.39 is 23.5 Å². The average molecular weight is 481 g/mol. The number of aryl methyl sites for hydroxylation is 2. The number of nitrogens with zero attached hydrogens (tertiary/aromatic N) is 3. The molecule has 0 fully saturated rings. The van der Waals surface area contributed by atoms with E-state index in [4.69, 9.17) is 15.2 Å². The van der Waals surface area contributed by atoms with Crippen molar-refractivity contribution < 1.29 is 19.1 Å². The van der Waals surface area contributed by atoms with Gasteiger partial charge in [0.05, 0.1) is 19.2 Å². The van der Waals surface area contributed by atoms with E-state index in [1.165, 1.54) is 24.9 Å². The lowest BCUT2D eigenvalue weighted by Crippen LogP contribution is -2.38. The van der Waals surface area contributed by atoms with Gasteiger partial charge in [0.2, 0.25) is 12.0 Å². The summed E-state index contributed by atoms with van der Waals surface area (Å²) in [4.78, 5) is 46.5. The van der Waals surface area contributed by atoms with E-state index in [1.807, 2.05) is 6.07 Å². The van der Waals surface area contributed by atoms with Gasteiger partial charge in [0.15, 0.2) is 0 Å². The summed E-state index contributed by atoms with van der Waals surface area (Å²) in [5.41, 5.74) is 10.8. The number of nitrogens with one attached hydrogen (secondary N) is 2. The third-order valence-corrected chi connectivity index (χ3v) is 5.28. The van der Waals surface area contributed by atoms with Gasteiger partial charge in [0.1, 0.15) is 5.82 Å². The van der Waals surface area contributed by atoms with E-state index in [0.717, 1.165) is 11.1 Å².